The van der Waals surface area contributed by atoms with Crippen molar-refractivity contribution in [3.05, 3.63) is 59.1 Å². The maximum atomic E-state index is 12.9. The van der Waals surface area contributed by atoms with E-state index in [0.29, 0.717) is 9.92 Å². The molecule has 1 amide bonds. The number of alkyl halides is 3. The van der Waals surface area contributed by atoms with Gasteiger partial charge >= 0.3 is 6.18 Å². The van der Waals surface area contributed by atoms with Crippen LogP contribution in [-0.2, 0) is 11.0 Å². The van der Waals surface area contributed by atoms with E-state index in [-0.39, 0.29) is 5.69 Å². The van der Waals surface area contributed by atoms with E-state index in [0.717, 1.165) is 6.07 Å². The normalized spacial score (nSPS) is 12.7. The van der Waals surface area contributed by atoms with E-state index in [2.05, 4.69) is 5.32 Å². The van der Waals surface area contributed by atoms with E-state index < -0.39 is 22.9 Å². The SMILES string of the molecule is CC(Sc1ccccc1Cl)C(=O)Nc1ccccc1C(F)(F)F. The summed E-state index contributed by atoms with van der Waals surface area (Å²) >= 11 is 7.20. The number of anilines is 1. The van der Waals surface area contributed by atoms with Gasteiger partial charge in [0.1, 0.15) is 0 Å². The Kier molecular flexibility index (Phi) is 5.59. The number of nitrogens with one attached hydrogen (secondary N) is 1. The van der Waals surface area contributed by atoms with Crippen molar-refractivity contribution in [1.29, 1.82) is 0 Å². The molecule has 0 spiro atoms. The van der Waals surface area contributed by atoms with Gasteiger partial charge in [0.2, 0.25) is 5.91 Å². The van der Waals surface area contributed by atoms with Crippen LogP contribution in [0.3, 0.4) is 0 Å². The Morgan fingerprint density at radius 2 is 1.74 bits per heavy atom. The Hall–Kier alpha value is -1.66. The Balaban J connectivity index is 2.12. The van der Waals surface area contributed by atoms with Gasteiger partial charge in [-0.25, -0.2) is 0 Å². The molecule has 0 fully saturated rings. The molecule has 2 aromatic carbocycles. The minimum Gasteiger partial charge on any atom is -0.325 e. The molecule has 0 aliphatic heterocycles. The van der Waals surface area contributed by atoms with Crippen LogP contribution >= 0.6 is 23.4 Å². The van der Waals surface area contributed by atoms with Crippen LogP contribution in [0.25, 0.3) is 0 Å². The molecule has 0 aliphatic carbocycles. The molecule has 0 saturated heterocycles. The van der Waals surface area contributed by atoms with Gasteiger partial charge in [-0.3, -0.25) is 4.79 Å². The average molecular weight is 360 g/mol. The number of para-hydroxylation sites is 1. The van der Waals surface area contributed by atoms with Crippen LogP contribution < -0.4 is 5.32 Å². The lowest BCUT2D eigenvalue weighted by Crippen LogP contribution is -2.24. The van der Waals surface area contributed by atoms with Crippen molar-refractivity contribution in [3.8, 4) is 0 Å². The third-order valence-corrected chi connectivity index (χ3v) is 4.62. The Bertz CT molecular complexity index is 706. The van der Waals surface area contributed by atoms with Gasteiger partial charge in [0.25, 0.3) is 0 Å². The summed E-state index contributed by atoms with van der Waals surface area (Å²) in [7, 11) is 0. The summed E-state index contributed by atoms with van der Waals surface area (Å²) in [4.78, 5) is 12.9. The Morgan fingerprint density at radius 3 is 2.39 bits per heavy atom. The highest BCUT2D eigenvalue weighted by Gasteiger charge is 2.33. The van der Waals surface area contributed by atoms with Crippen molar-refractivity contribution in [2.45, 2.75) is 23.2 Å². The number of halogens is 4. The molecule has 1 unspecified atom stereocenters. The molecule has 0 aliphatic rings. The number of hydrogen-bond acceptors (Lipinski definition) is 2. The maximum absolute atomic E-state index is 12.9. The molecule has 0 bridgehead atoms. The van der Waals surface area contributed by atoms with Crippen molar-refractivity contribution in [3.63, 3.8) is 0 Å². The van der Waals surface area contributed by atoms with Crippen LogP contribution in [0, 0.1) is 0 Å². The summed E-state index contributed by atoms with van der Waals surface area (Å²) in [5, 5.41) is 2.23. The highest BCUT2D eigenvalue weighted by molar-refractivity contribution is 8.00. The summed E-state index contributed by atoms with van der Waals surface area (Å²) in [5.41, 5.74) is -1.13. The zero-order valence-electron chi connectivity index (χ0n) is 12.0. The quantitative estimate of drug-likeness (QED) is 0.732. The van der Waals surface area contributed by atoms with Gasteiger partial charge in [0.15, 0.2) is 0 Å². The second-order valence-electron chi connectivity index (χ2n) is 4.72. The summed E-state index contributed by atoms with van der Waals surface area (Å²) in [6, 6.07) is 11.9. The number of thioether (sulfide) groups is 1. The Morgan fingerprint density at radius 1 is 1.13 bits per heavy atom. The molecule has 122 valence electrons. The van der Waals surface area contributed by atoms with E-state index >= 15 is 0 Å². The molecule has 0 aromatic heterocycles. The van der Waals surface area contributed by atoms with Gasteiger partial charge < -0.3 is 5.32 Å². The minimum absolute atomic E-state index is 0.253. The number of hydrogen-bond donors (Lipinski definition) is 1. The summed E-state index contributed by atoms with van der Waals surface area (Å²) < 4.78 is 38.8. The second kappa shape index (κ2) is 7.27. The van der Waals surface area contributed by atoms with Crippen LogP contribution in [0.2, 0.25) is 5.02 Å². The molecule has 7 heteroatoms. The minimum atomic E-state index is -4.52. The molecule has 0 saturated carbocycles. The Labute approximate surface area is 141 Å². The molecular weight excluding hydrogens is 347 g/mol. The van der Waals surface area contributed by atoms with Gasteiger partial charge in [0, 0.05) is 4.90 Å². The first-order valence-corrected chi connectivity index (χ1v) is 7.93. The second-order valence-corrected chi connectivity index (χ2v) is 6.51. The molecule has 0 heterocycles. The number of rotatable bonds is 4. The van der Waals surface area contributed by atoms with Crippen LogP contribution in [0.4, 0.5) is 18.9 Å². The van der Waals surface area contributed by atoms with Crippen molar-refractivity contribution >= 4 is 35.0 Å². The first-order valence-electron chi connectivity index (χ1n) is 6.67. The molecular formula is C16H13ClF3NOS. The van der Waals surface area contributed by atoms with Crippen LogP contribution in [0.15, 0.2) is 53.4 Å². The third kappa shape index (κ3) is 4.65. The lowest BCUT2D eigenvalue weighted by Gasteiger charge is -2.16. The van der Waals surface area contributed by atoms with E-state index in [4.69, 9.17) is 11.6 Å². The highest BCUT2D eigenvalue weighted by Crippen LogP contribution is 2.35. The number of carbonyl (C=O) groups is 1. The van der Waals surface area contributed by atoms with Crippen molar-refractivity contribution < 1.29 is 18.0 Å². The molecule has 2 nitrogen and oxygen atoms in total. The molecule has 2 aromatic rings. The molecule has 1 N–H and O–H groups in total. The predicted molar refractivity (Wildman–Crippen MR) is 86.8 cm³/mol. The molecule has 2 rings (SSSR count). The summed E-state index contributed by atoms with van der Waals surface area (Å²) in [5.74, 6) is -0.522. The number of amides is 1. The van der Waals surface area contributed by atoms with Gasteiger partial charge in [-0.2, -0.15) is 13.2 Å². The van der Waals surface area contributed by atoms with Gasteiger partial charge in [-0.1, -0.05) is 35.9 Å². The number of benzene rings is 2. The fourth-order valence-electron chi connectivity index (χ4n) is 1.86. The first-order chi connectivity index (χ1) is 10.8. The third-order valence-electron chi connectivity index (χ3n) is 3.00. The van der Waals surface area contributed by atoms with Crippen molar-refractivity contribution in [1.82, 2.24) is 0 Å². The lowest BCUT2D eigenvalue weighted by molar-refractivity contribution is -0.137. The zero-order chi connectivity index (χ0) is 17.0. The summed E-state index contributed by atoms with van der Waals surface area (Å²) in [6.45, 7) is 1.61. The van der Waals surface area contributed by atoms with Gasteiger partial charge in [-0.05, 0) is 31.2 Å². The maximum Gasteiger partial charge on any atom is 0.418 e. The fourth-order valence-corrected chi connectivity index (χ4v) is 3.01. The lowest BCUT2D eigenvalue weighted by atomic mass is 10.1. The molecule has 1 atom stereocenters. The highest BCUT2D eigenvalue weighted by atomic mass is 35.5. The van der Waals surface area contributed by atoms with Crippen LogP contribution in [0.5, 0.6) is 0 Å². The topological polar surface area (TPSA) is 29.1 Å². The summed E-state index contributed by atoms with van der Waals surface area (Å²) in [6.07, 6.45) is -4.52. The van der Waals surface area contributed by atoms with Crippen molar-refractivity contribution in [2.24, 2.45) is 0 Å². The largest absolute Gasteiger partial charge is 0.418 e. The van der Waals surface area contributed by atoms with Gasteiger partial charge in [0.05, 0.1) is 21.5 Å². The molecule has 23 heavy (non-hydrogen) atoms. The van der Waals surface area contributed by atoms with Crippen molar-refractivity contribution in [2.75, 3.05) is 5.32 Å². The smallest absolute Gasteiger partial charge is 0.325 e. The van der Waals surface area contributed by atoms with Crippen LogP contribution in [0.1, 0.15) is 12.5 Å². The van der Waals surface area contributed by atoms with E-state index in [1.54, 1.807) is 31.2 Å². The van der Waals surface area contributed by atoms with Crippen LogP contribution in [-0.4, -0.2) is 11.2 Å². The first kappa shape index (κ1) is 17.7. The zero-order valence-corrected chi connectivity index (χ0v) is 13.6. The number of carbonyl (C=O) groups excluding carboxylic acids is 1. The van der Waals surface area contributed by atoms with E-state index in [1.165, 1.54) is 30.0 Å². The predicted octanol–water partition coefficient (Wildman–Crippen LogP) is 5.48. The monoisotopic (exact) mass is 359 g/mol. The standard InChI is InChI=1S/C16H13ClF3NOS/c1-10(23-14-9-5-3-7-12(14)17)15(22)21-13-8-4-2-6-11(13)16(18,19)20/h2-10H,1H3,(H,21,22). The molecule has 0 radical (unpaired) electrons. The van der Waals surface area contributed by atoms with E-state index in [1.807, 2.05) is 0 Å². The fraction of sp³-hybridized carbons (Fsp3) is 0.188. The average Bonchev–Trinajstić information content (AvgIpc) is 2.49. The van der Waals surface area contributed by atoms with E-state index in [9.17, 15) is 18.0 Å². The van der Waals surface area contributed by atoms with Gasteiger partial charge in [-0.15, -0.1) is 11.8 Å².